The van der Waals surface area contributed by atoms with Gasteiger partial charge in [-0.05, 0) is 103 Å². The second kappa shape index (κ2) is 43.9. The molecule has 0 spiro atoms. The monoisotopic (exact) mass is 808 g/mol. The van der Waals surface area contributed by atoms with E-state index in [1.54, 1.807) is 0 Å². The Labute approximate surface area is 297 Å². The molecule has 0 aromatic heterocycles. The smallest absolute Gasteiger partial charge is 0.550 e. The summed E-state index contributed by atoms with van der Waals surface area (Å²) in [6, 6.07) is 0. The Kier molecular flexibility index (Phi) is 46.1. The zero-order chi connectivity index (χ0) is 32.6. The molecule has 5 heteroatoms. The van der Waals surface area contributed by atoms with Gasteiger partial charge in [-0.1, -0.05) is 137 Å². The van der Waals surface area contributed by atoms with Gasteiger partial charge in [0.2, 0.25) is 0 Å². The van der Waals surface area contributed by atoms with E-state index < -0.39 is 11.9 Å². The first-order valence-corrected chi connectivity index (χ1v) is 17.1. The Morgan fingerprint density at radius 2 is 0.600 bits per heavy atom. The molecule has 0 aliphatic rings. The molecule has 248 valence electrons. The predicted molar refractivity (Wildman–Crippen MR) is 187 cm³/mol. The third-order valence-electron chi connectivity index (χ3n) is 6.42. The number of rotatable bonds is 28. The molecular weight excluding hydrogens is 745 g/mol. The van der Waals surface area contributed by atoms with Crippen molar-refractivity contribution in [1.82, 2.24) is 0 Å². The molecule has 0 atom stereocenters. The van der Waals surface area contributed by atoms with Crippen LogP contribution in [0.15, 0.2) is 97.2 Å². The zero-order valence-electron chi connectivity index (χ0n) is 28.7. The molecule has 45 heavy (non-hydrogen) atoms. The van der Waals surface area contributed by atoms with Gasteiger partial charge in [-0.25, -0.2) is 0 Å². The Morgan fingerprint density at radius 1 is 0.378 bits per heavy atom. The van der Waals surface area contributed by atoms with Gasteiger partial charge in [0.1, 0.15) is 0 Å². The summed E-state index contributed by atoms with van der Waals surface area (Å²) < 4.78 is 0. The molecule has 0 fully saturated rings. The maximum absolute atomic E-state index is 10.2. The maximum atomic E-state index is 10.2. The average Bonchev–Trinajstić information content (AvgIpc) is 3.00. The summed E-state index contributed by atoms with van der Waals surface area (Å²) >= 11 is 0. The third kappa shape index (κ3) is 51.7. The average molecular weight is 808 g/mol. The molecule has 0 aromatic carbocycles. The first-order valence-electron chi connectivity index (χ1n) is 17.1. The van der Waals surface area contributed by atoms with Crippen LogP contribution in [0.25, 0.3) is 0 Å². The number of carbonyl (C=O) groups is 2. The number of aliphatic carboxylic acids is 2. The summed E-state index contributed by atoms with van der Waals surface area (Å²) in [5.74, 6) is -1.92. The van der Waals surface area contributed by atoms with Crippen LogP contribution < -0.4 is 10.2 Å². The molecule has 0 radical (unpaired) electrons. The zero-order valence-corrected chi connectivity index (χ0v) is 34.2. The van der Waals surface area contributed by atoms with Gasteiger partial charge in [0.25, 0.3) is 0 Å². The number of carboxylic acids is 2. The normalized spacial score (nSPS) is 12.1. The fraction of sp³-hybridized carbons (Fsp3) is 0.550. The van der Waals surface area contributed by atoms with Crippen molar-refractivity contribution >= 4 is 11.9 Å². The second-order valence-corrected chi connectivity index (χ2v) is 10.7. The van der Waals surface area contributed by atoms with Crippen LogP contribution in [0.3, 0.4) is 0 Å². The minimum absolute atomic E-state index is 0. The first kappa shape index (κ1) is 47.2. The van der Waals surface area contributed by atoms with Crippen molar-refractivity contribution in [2.45, 2.75) is 142 Å². The Bertz CT molecular complexity index is 803. The number of hydrogen-bond donors (Lipinski definition) is 0. The Morgan fingerprint density at radius 3 is 0.822 bits per heavy atom. The number of allylic oxidation sites excluding steroid dienone is 16. The van der Waals surface area contributed by atoms with E-state index in [2.05, 4.69) is 98.9 Å². The van der Waals surface area contributed by atoms with Gasteiger partial charge in [-0.2, -0.15) is 0 Å². The van der Waals surface area contributed by atoms with Crippen molar-refractivity contribution in [3.63, 3.8) is 0 Å². The van der Waals surface area contributed by atoms with Crippen LogP contribution in [0, 0.1) is 0 Å². The molecule has 0 saturated heterocycles. The molecular formula is C40H62HgO4. The van der Waals surface area contributed by atoms with Gasteiger partial charge in [0.05, 0.1) is 0 Å². The van der Waals surface area contributed by atoms with Crippen molar-refractivity contribution in [3.05, 3.63) is 97.2 Å². The predicted octanol–water partition coefficient (Wildman–Crippen LogP) is 9.76. The third-order valence-corrected chi connectivity index (χ3v) is 6.42. The quantitative estimate of drug-likeness (QED) is 0.0448. The molecule has 0 bridgehead atoms. The van der Waals surface area contributed by atoms with E-state index in [0.29, 0.717) is 12.8 Å². The minimum Gasteiger partial charge on any atom is -0.550 e. The van der Waals surface area contributed by atoms with Crippen LogP contribution >= 0.6 is 0 Å². The van der Waals surface area contributed by atoms with Crippen molar-refractivity contribution in [3.8, 4) is 0 Å². The summed E-state index contributed by atoms with van der Waals surface area (Å²) in [4.78, 5) is 20.4. The summed E-state index contributed by atoms with van der Waals surface area (Å²) in [6.45, 7) is 4.46. The fourth-order valence-electron chi connectivity index (χ4n) is 3.85. The molecule has 0 heterocycles. The molecule has 0 N–H and O–H groups in total. The summed E-state index contributed by atoms with van der Waals surface area (Å²) in [5, 5.41) is 20.4. The molecule has 4 nitrogen and oxygen atoms in total. The Balaban J connectivity index is -0.000000767. The molecule has 0 unspecified atom stereocenters. The molecule has 0 aliphatic carbocycles. The van der Waals surface area contributed by atoms with Gasteiger partial charge < -0.3 is 19.8 Å². The van der Waals surface area contributed by atoms with Crippen LogP contribution in [0.2, 0.25) is 0 Å². The summed E-state index contributed by atoms with van der Waals surface area (Å²) in [7, 11) is 0. The first-order chi connectivity index (χ1) is 21.5. The van der Waals surface area contributed by atoms with E-state index in [-0.39, 0.29) is 40.5 Å². The molecule has 0 rings (SSSR count). The largest absolute Gasteiger partial charge is 2.00 e. The minimum atomic E-state index is -0.962. The molecule has 0 aliphatic heterocycles. The second-order valence-electron chi connectivity index (χ2n) is 10.7. The maximum Gasteiger partial charge on any atom is 2.00 e. The van der Waals surface area contributed by atoms with E-state index >= 15 is 0 Å². The van der Waals surface area contributed by atoms with Crippen molar-refractivity contribution in [1.29, 1.82) is 0 Å². The van der Waals surface area contributed by atoms with Crippen LogP contribution in [-0.4, -0.2) is 11.9 Å². The van der Waals surface area contributed by atoms with Crippen molar-refractivity contribution < 1.29 is 47.5 Å². The topological polar surface area (TPSA) is 80.3 Å². The van der Waals surface area contributed by atoms with Gasteiger partial charge in [-0.15, -0.1) is 0 Å². The molecule has 0 amide bonds. The summed E-state index contributed by atoms with van der Waals surface area (Å²) in [5.41, 5.74) is 0. The Hall–Kier alpha value is -2.20. The fourth-order valence-corrected chi connectivity index (χ4v) is 3.85. The van der Waals surface area contributed by atoms with E-state index in [4.69, 9.17) is 0 Å². The van der Waals surface area contributed by atoms with Crippen molar-refractivity contribution in [2.24, 2.45) is 0 Å². The van der Waals surface area contributed by atoms with Gasteiger partial charge in [-0.3, -0.25) is 0 Å². The van der Waals surface area contributed by atoms with E-state index in [1.165, 1.54) is 51.4 Å². The summed E-state index contributed by atoms with van der Waals surface area (Å²) in [6.07, 6.45) is 54.0. The van der Waals surface area contributed by atoms with E-state index in [9.17, 15) is 19.8 Å². The van der Waals surface area contributed by atoms with Gasteiger partial charge in [0, 0.05) is 11.9 Å². The van der Waals surface area contributed by atoms with Crippen LogP contribution in [-0.2, 0) is 37.3 Å². The SMILES string of the molecule is CCCCC/C=C\C/C=C\C/C=C\C/C=C\CCCC(=O)[O-].CCCCC/C=C\C/C=C\C/C=C\C/C=C\CCCC(=O)[O-].[Hg+2]. The molecule has 0 saturated carbocycles. The van der Waals surface area contributed by atoms with E-state index in [1.807, 2.05) is 12.2 Å². The number of unbranched alkanes of at least 4 members (excludes halogenated alkanes) is 8. The van der Waals surface area contributed by atoms with Crippen molar-refractivity contribution in [2.75, 3.05) is 0 Å². The number of hydrogen-bond acceptors (Lipinski definition) is 4. The molecule has 0 aromatic rings. The van der Waals surface area contributed by atoms with E-state index in [0.717, 1.165) is 51.4 Å². The standard InChI is InChI=1S/2C20H32O2.Hg/c2*1-2-3-4-5-6-7-8-9-10-11-12-13-14-15-16-17-18-19-20(21)22;/h2*6-7,9-10,12-13,15-16H,2-5,8,11,14,17-19H2,1H3,(H,21,22);/q;;+2/p-2/b2*7-6-,10-9-,13-12-,16-15-;. The van der Waals surface area contributed by atoms with Crippen LogP contribution in [0.4, 0.5) is 0 Å². The number of carboxylic acid groups (broad SMARTS) is 2. The number of carbonyl (C=O) groups excluding carboxylic acids is 2. The van der Waals surface area contributed by atoms with Crippen LogP contribution in [0.1, 0.15) is 142 Å². The van der Waals surface area contributed by atoms with Crippen LogP contribution in [0.5, 0.6) is 0 Å². The van der Waals surface area contributed by atoms with Gasteiger partial charge in [0.15, 0.2) is 0 Å². The van der Waals surface area contributed by atoms with Gasteiger partial charge >= 0.3 is 27.7 Å².